The minimum Gasteiger partial charge on any atom is -0.324 e. The van der Waals surface area contributed by atoms with E-state index in [0.717, 1.165) is 31.5 Å². The number of halogens is 2. The van der Waals surface area contributed by atoms with Crippen LogP contribution in [0.4, 0.5) is 14.5 Å². The molecule has 1 unspecified atom stereocenters. The molecule has 0 aliphatic carbocycles. The molecule has 1 aliphatic rings. The molecule has 1 aliphatic heterocycles. The molecule has 0 saturated carbocycles. The number of amides is 1. The Morgan fingerprint density at radius 1 is 1.47 bits per heavy atom. The van der Waals surface area contributed by atoms with Crippen molar-refractivity contribution < 1.29 is 13.6 Å². The molecule has 17 heavy (non-hydrogen) atoms. The standard InChI is InChI=1S/C12H14F2N2O/c13-8-3-4-11(10(14)6-8)16-12(17)7-9-2-1-5-15-9/h3-4,6,9,15H,1-2,5,7H2,(H,16,17). The van der Waals surface area contributed by atoms with E-state index in [1.165, 1.54) is 6.07 Å². The van der Waals surface area contributed by atoms with Crippen molar-refractivity contribution in [1.82, 2.24) is 5.32 Å². The highest BCUT2D eigenvalue weighted by Crippen LogP contribution is 2.16. The fraction of sp³-hybridized carbons (Fsp3) is 0.417. The molecule has 1 aromatic rings. The number of benzene rings is 1. The number of carbonyl (C=O) groups excluding carboxylic acids is 1. The Kier molecular flexibility index (Phi) is 3.68. The molecule has 1 saturated heterocycles. The van der Waals surface area contributed by atoms with E-state index in [1.54, 1.807) is 0 Å². The fourth-order valence-corrected chi connectivity index (χ4v) is 1.95. The first-order chi connectivity index (χ1) is 8.15. The first kappa shape index (κ1) is 12.0. The largest absolute Gasteiger partial charge is 0.324 e. The van der Waals surface area contributed by atoms with Crippen LogP contribution in [0.2, 0.25) is 0 Å². The second kappa shape index (κ2) is 5.23. The van der Waals surface area contributed by atoms with Crippen LogP contribution in [0, 0.1) is 11.6 Å². The van der Waals surface area contributed by atoms with Gasteiger partial charge >= 0.3 is 0 Å². The lowest BCUT2D eigenvalue weighted by atomic mass is 10.1. The van der Waals surface area contributed by atoms with E-state index in [0.29, 0.717) is 6.42 Å². The van der Waals surface area contributed by atoms with Crippen LogP contribution in [0.5, 0.6) is 0 Å². The van der Waals surface area contributed by atoms with Gasteiger partial charge in [-0.3, -0.25) is 4.79 Å². The first-order valence-corrected chi connectivity index (χ1v) is 5.63. The van der Waals surface area contributed by atoms with Crippen LogP contribution < -0.4 is 10.6 Å². The summed E-state index contributed by atoms with van der Waals surface area (Å²) in [6.07, 6.45) is 2.33. The Morgan fingerprint density at radius 3 is 2.94 bits per heavy atom. The summed E-state index contributed by atoms with van der Waals surface area (Å²) in [5.41, 5.74) is 0.0226. The monoisotopic (exact) mass is 240 g/mol. The van der Waals surface area contributed by atoms with Crippen molar-refractivity contribution in [2.24, 2.45) is 0 Å². The van der Waals surface area contributed by atoms with Gasteiger partial charge < -0.3 is 10.6 Å². The van der Waals surface area contributed by atoms with Gasteiger partial charge in [-0.05, 0) is 31.5 Å². The molecule has 92 valence electrons. The zero-order valence-corrected chi connectivity index (χ0v) is 9.30. The molecule has 1 atom stereocenters. The lowest BCUT2D eigenvalue weighted by molar-refractivity contribution is -0.116. The highest BCUT2D eigenvalue weighted by molar-refractivity contribution is 5.91. The third-order valence-corrected chi connectivity index (χ3v) is 2.80. The molecule has 1 fully saturated rings. The molecule has 0 bridgehead atoms. The number of anilines is 1. The van der Waals surface area contributed by atoms with Crippen LogP contribution in [-0.4, -0.2) is 18.5 Å². The Bertz CT molecular complexity index is 417. The summed E-state index contributed by atoms with van der Waals surface area (Å²) in [6, 6.07) is 3.26. The molecule has 2 N–H and O–H groups in total. The van der Waals surface area contributed by atoms with Gasteiger partial charge in [-0.2, -0.15) is 0 Å². The summed E-state index contributed by atoms with van der Waals surface area (Å²) >= 11 is 0. The number of hydrogen-bond donors (Lipinski definition) is 2. The molecule has 0 aromatic heterocycles. The Morgan fingerprint density at radius 2 is 2.29 bits per heavy atom. The zero-order chi connectivity index (χ0) is 12.3. The fourth-order valence-electron chi connectivity index (χ4n) is 1.95. The lowest BCUT2D eigenvalue weighted by Crippen LogP contribution is -2.27. The predicted octanol–water partition coefficient (Wildman–Crippen LogP) is 2.05. The van der Waals surface area contributed by atoms with Crippen molar-refractivity contribution in [3.8, 4) is 0 Å². The molecule has 1 heterocycles. The molecule has 0 radical (unpaired) electrons. The van der Waals surface area contributed by atoms with Gasteiger partial charge in [-0.25, -0.2) is 8.78 Å². The van der Waals surface area contributed by atoms with E-state index in [9.17, 15) is 13.6 Å². The molecule has 0 spiro atoms. The average Bonchev–Trinajstić information content (AvgIpc) is 2.75. The van der Waals surface area contributed by atoms with Crippen LogP contribution in [0.3, 0.4) is 0 Å². The Hall–Kier alpha value is -1.49. The smallest absolute Gasteiger partial charge is 0.226 e. The summed E-state index contributed by atoms with van der Waals surface area (Å²) in [5.74, 6) is -1.66. The highest BCUT2D eigenvalue weighted by atomic mass is 19.1. The summed E-state index contributed by atoms with van der Waals surface area (Å²) in [7, 11) is 0. The topological polar surface area (TPSA) is 41.1 Å². The summed E-state index contributed by atoms with van der Waals surface area (Å²) in [6.45, 7) is 0.920. The number of hydrogen-bond acceptors (Lipinski definition) is 2. The van der Waals surface area contributed by atoms with Crippen LogP contribution in [0.25, 0.3) is 0 Å². The molecule has 1 amide bonds. The minimum absolute atomic E-state index is 0.0226. The summed E-state index contributed by atoms with van der Waals surface area (Å²) in [5, 5.41) is 5.63. The van der Waals surface area contributed by atoms with Gasteiger partial charge in [-0.15, -0.1) is 0 Å². The van der Waals surface area contributed by atoms with E-state index in [-0.39, 0.29) is 17.6 Å². The first-order valence-electron chi connectivity index (χ1n) is 5.63. The summed E-state index contributed by atoms with van der Waals surface area (Å²) < 4.78 is 25.9. The SMILES string of the molecule is O=C(CC1CCCN1)Nc1ccc(F)cc1F. The quantitative estimate of drug-likeness (QED) is 0.849. The van der Waals surface area contributed by atoms with Gasteiger partial charge in [0.15, 0.2) is 0 Å². The molecular formula is C12H14F2N2O. The van der Waals surface area contributed by atoms with E-state index >= 15 is 0 Å². The van der Waals surface area contributed by atoms with E-state index < -0.39 is 11.6 Å². The summed E-state index contributed by atoms with van der Waals surface area (Å²) in [4.78, 5) is 11.6. The third-order valence-electron chi connectivity index (χ3n) is 2.80. The van der Waals surface area contributed by atoms with Crippen molar-refractivity contribution in [2.75, 3.05) is 11.9 Å². The number of rotatable bonds is 3. The van der Waals surface area contributed by atoms with Crippen molar-refractivity contribution in [1.29, 1.82) is 0 Å². The van der Waals surface area contributed by atoms with Gasteiger partial charge in [0, 0.05) is 18.5 Å². The van der Waals surface area contributed by atoms with Gasteiger partial charge in [0.05, 0.1) is 5.69 Å². The molecular weight excluding hydrogens is 226 g/mol. The van der Waals surface area contributed by atoms with Crippen LogP contribution in [-0.2, 0) is 4.79 Å². The van der Waals surface area contributed by atoms with Crippen LogP contribution in [0.1, 0.15) is 19.3 Å². The van der Waals surface area contributed by atoms with Crippen molar-refractivity contribution in [2.45, 2.75) is 25.3 Å². The van der Waals surface area contributed by atoms with Gasteiger partial charge in [0.2, 0.25) is 5.91 Å². The maximum atomic E-state index is 13.3. The van der Waals surface area contributed by atoms with Crippen molar-refractivity contribution in [3.05, 3.63) is 29.8 Å². The van der Waals surface area contributed by atoms with Gasteiger partial charge in [-0.1, -0.05) is 0 Å². The normalized spacial score (nSPS) is 19.3. The average molecular weight is 240 g/mol. The second-order valence-electron chi connectivity index (χ2n) is 4.17. The molecule has 2 rings (SSSR count). The van der Waals surface area contributed by atoms with E-state index in [1.807, 2.05) is 0 Å². The van der Waals surface area contributed by atoms with Crippen LogP contribution >= 0.6 is 0 Å². The number of carbonyl (C=O) groups is 1. The second-order valence-corrected chi connectivity index (χ2v) is 4.17. The molecule has 3 nitrogen and oxygen atoms in total. The predicted molar refractivity (Wildman–Crippen MR) is 60.6 cm³/mol. The van der Waals surface area contributed by atoms with E-state index in [2.05, 4.69) is 10.6 Å². The van der Waals surface area contributed by atoms with Crippen LogP contribution in [0.15, 0.2) is 18.2 Å². The number of nitrogens with one attached hydrogen (secondary N) is 2. The maximum Gasteiger partial charge on any atom is 0.226 e. The Labute approximate surface area is 98.2 Å². The lowest BCUT2D eigenvalue weighted by Gasteiger charge is -2.10. The molecule has 1 aromatic carbocycles. The van der Waals surface area contributed by atoms with E-state index in [4.69, 9.17) is 0 Å². The van der Waals surface area contributed by atoms with Crippen molar-refractivity contribution >= 4 is 11.6 Å². The minimum atomic E-state index is -0.752. The highest BCUT2D eigenvalue weighted by Gasteiger charge is 2.18. The molecule has 5 heteroatoms. The maximum absolute atomic E-state index is 13.3. The Balaban J connectivity index is 1.93. The van der Waals surface area contributed by atoms with Crippen molar-refractivity contribution in [3.63, 3.8) is 0 Å². The zero-order valence-electron chi connectivity index (χ0n) is 9.30. The van der Waals surface area contributed by atoms with Gasteiger partial charge in [0.25, 0.3) is 0 Å². The third kappa shape index (κ3) is 3.23. The van der Waals surface area contributed by atoms with Gasteiger partial charge in [0.1, 0.15) is 11.6 Å².